The predicted molar refractivity (Wildman–Crippen MR) is 110 cm³/mol. The Morgan fingerprint density at radius 1 is 1.10 bits per heavy atom. The molecule has 0 radical (unpaired) electrons. The van der Waals surface area contributed by atoms with Crippen LogP contribution in [0.5, 0.6) is 0 Å². The van der Waals surface area contributed by atoms with Crippen LogP contribution in [0.3, 0.4) is 0 Å². The van der Waals surface area contributed by atoms with Gasteiger partial charge in [-0.15, -0.1) is 0 Å². The Hall–Kier alpha value is -2.76. The van der Waals surface area contributed by atoms with Crippen LogP contribution in [0.2, 0.25) is 5.02 Å². The second-order valence-corrected chi connectivity index (χ2v) is 7.39. The molecule has 30 heavy (non-hydrogen) atoms. The smallest absolute Gasteiger partial charge is 0.370 e. The molecule has 0 atom stereocenters. The molecule has 9 heteroatoms. The summed E-state index contributed by atoms with van der Waals surface area (Å²) in [7, 11) is 0. The Labute approximate surface area is 177 Å². The second kappa shape index (κ2) is 9.37. The van der Waals surface area contributed by atoms with Gasteiger partial charge in [0.2, 0.25) is 5.91 Å². The Morgan fingerprint density at radius 3 is 2.50 bits per heavy atom. The number of nitriles is 1. The largest absolute Gasteiger partial charge is 0.418 e. The van der Waals surface area contributed by atoms with E-state index in [2.05, 4.69) is 16.3 Å². The molecule has 0 saturated carbocycles. The maximum atomic E-state index is 13.2. The van der Waals surface area contributed by atoms with Crippen LogP contribution in [0, 0.1) is 11.3 Å². The van der Waals surface area contributed by atoms with Crippen molar-refractivity contribution in [1.29, 1.82) is 5.26 Å². The average molecular weight is 437 g/mol. The fourth-order valence-electron chi connectivity index (χ4n) is 3.40. The number of nitrogens with one attached hydrogen (secondary N) is 1. The number of hydrogen-bond donors (Lipinski definition) is 1. The third-order valence-corrected chi connectivity index (χ3v) is 5.22. The molecule has 0 aliphatic carbocycles. The highest BCUT2D eigenvalue weighted by atomic mass is 35.5. The van der Waals surface area contributed by atoms with Crippen molar-refractivity contribution in [1.82, 2.24) is 4.90 Å². The summed E-state index contributed by atoms with van der Waals surface area (Å²) in [5.74, 6) is -0.541. The predicted octanol–water partition coefficient (Wildman–Crippen LogP) is 4.38. The summed E-state index contributed by atoms with van der Waals surface area (Å²) in [6.07, 6.45) is -3.81. The van der Waals surface area contributed by atoms with Gasteiger partial charge in [-0.2, -0.15) is 18.4 Å². The molecule has 158 valence electrons. The number of rotatable bonds is 4. The van der Waals surface area contributed by atoms with Crippen LogP contribution in [-0.2, 0) is 11.0 Å². The van der Waals surface area contributed by atoms with Crippen LogP contribution in [0.25, 0.3) is 0 Å². The highest BCUT2D eigenvalue weighted by Gasteiger charge is 2.35. The van der Waals surface area contributed by atoms with Crippen molar-refractivity contribution in [3.8, 4) is 6.07 Å². The van der Waals surface area contributed by atoms with Crippen LogP contribution < -0.4 is 10.2 Å². The monoisotopic (exact) mass is 436 g/mol. The van der Waals surface area contributed by atoms with Crippen molar-refractivity contribution < 1.29 is 18.0 Å². The lowest BCUT2D eigenvalue weighted by Crippen LogP contribution is -2.36. The first-order valence-electron chi connectivity index (χ1n) is 9.41. The number of hydrogen-bond acceptors (Lipinski definition) is 4. The van der Waals surface area contributed by atoms with Crippen LogP contribution in [-0.4, -0.2) is 43.5 Å². The Kier molecular flexibility index (Phi) is 6.85. The molecule has 2 aromatic rings. The summed E-state index contributed by atoms with van der Waals surface area (Å²) >= 11 is 5.90. The maximum Gasteiger partial charge on any atom is 0.418 e. The van der Waals surface area contributed by atoms with Crippen LogP contribution in [0.4, 0.5) is 24.5 Å². The number of para-hydroxylation sites is 1. The molecule has 1 heterocycles. The zero-order chi connectivity index (χ0) is 21.7. The molecule has 0 aromatic heterocycles. The topological polar surface area (TPSA) is 59.4 Å². The van der Waals surface area contributed by atoms with Crippen molar-refractivity contribution >= 4 is 28.9 Å². The number of alkyl halides is 3. The van der Waals surface area contributed by atoms with Crippen LogP contribution in [0.15, 0.2) is 42.5 Å². The van der Waals surface area contributed by atoms with Gasteiger partial charge in [0, 0.05) is 31.9 Å². The van der Waals surface area contributed by atoms with E-state index in [9.17, 15) is 18.0 Å². The molecular formula is C21H20ClF3N4O. The van der Waals surface area contributed by atoms with Gasteiger partial charge in [-0.1, -0.05) is 17.7 Å². The van der Waals surface area contributed by atoms with E-state index in [1.165, 1.54) is 12.1 Å². The van der Waals surface area contributed by atoms with Gasteiger partial charge in [0.25, 0.3) is 0 Å². The minimum Gasteiger partial charge on any atom is -0.370 e. The fourth-order valence-corrected chi connectivity index (χ4v) is 3.63. The third kappa shape index (κ3) is 5.43. The lowest BCUT2D eigenvalue weighted by Gasteiger charge is -2.23. The summed E-state index contributed by atoms with van der Waals surface area (Å²) in [5, 5.41) is 11.1. The summed E-state index contributed by atoms with van der Waals surface area (Å²) in [5.41, 5.74) is 0.202. The van der Waals surface area contributed by atoms with Crippen LogP contribution in [0.1, 0.15) is 17.5 Å². The quantitative estimate of drug-likeness (QED) is 0.772. The lowest BCUT2D eigenvalue weighted by molar-refractivity contribution is -0.137. The van der Waals surface area contributed by atoms with E-state index in [0.717, 1.165) is 24.7 Å². The third-order valence-electron chi connectivity index (χ3n) is 4.90. The minimum absolute atomic E-state index is 0.0241. The molecule has 0 bridgehead atoms. The van der Waals surface area contributed by atoms with Crippen molar-refractivity contribution in [3.63, 3.8) is 0 Å². The molecule has 1 N–H and O–H groups in total. The standard InChI is InChI=1S/C21H20ClF3N4O/c22-18-4-1-3-17(21(23,24)25)20(18)27-19(30)14-28-9-2-10-29(12-11-28)16-7-5-15(13-26)6-8-16/h1,3-8H,2,9-12,14H2,(H,27,30). The fraction of sp³-hybridized carbons (Fsp3) is 0.333. The van der Waals surface area contributed by atoms with Gasteiger partial charge >= 0.3 is 6.18 Å². The van der Waals surface area contributed by atoms with E-state index in [0.29, 0.717) is 25.2 Å². The number of anilines is 2. The SMILES string of the molecule is N#Cc1ccc(N2CCCN(CC(=O)Nc3c(Cl)cccc3C(F)(F)F)CC2)cc1. The Morgan fingerprint density at radius 2 is 1.83 bits per heavy atom. The lowest BCUT2D eigenvalue weighted by atomic mass is 10.1. The van der Waals surface area contributed by atoms with Gasteiger partial charge in [-0.05, 0) is 42.8 Å². The Balaban J connectivity index is 1.61. The minimum atomic E-state index is -4.61. The van der Waals surface area contributed by atoms with Gasteiger partial charge in [0.1, 0.15) is 0 Å². The zero-order valence-electron chi connectivity index (χ0n) is 16.0. The Bertz CT molecular complexity index is 941. The second-order valence-electron chi connectivity index (χ2n) is 6.98. The number of nitrogens with zero attached hydrogens (tertiary/aromatic N) is 3. The molecule has 5 nitrogen and oxygen atoms in total. The zero-order valence-corrected chi connectivity index (χ0v) is 16.8. The van der Waals surface area contributed by atoms with E-state index in [-0.39, 0.29) is 11.6 Å². The van der Waals surface area contributed by atoms with Crippen LogP contribution >= 0.6 is 11.6 Å². The molecule has 1 aliphatic heterocycles. The van der Waals surface area contributed by atoms with Gasteiger partial charge in [-0.25, -0.2) is 0 Å². The van der Waals surface area contributed by atoms with Gasteiger partial charge in [0.15, 0.2) is 0 Å². The number of benzene rings is 2. The van der Waals surface area contributed by atoms with E-state index in [4.69, 9.17) is 16.9 Å². The molecule has 0 spiro atoms. The van der Waals surface area contributed by atoms with Gasteiger partial charge in [0.05, 0.1) is 34.5 Å². The first-order valence-corrected chi connectivity index (χ1v) is 9.79. The van der Waals surface area contributed by atoms with Gasteiger partial charge in [-0.3, -0.25) is 9.69 Å². The molecular weight excluding hydrogens is 417 g/mol. The van der Waals surface area contributed by atoms with E-state index in [1.807, 2.05) is 17.0 Å². The summed E-state index contributed by atoms with van der Waals surface area (Å²) in [6.45, 7) is 2.66. The average Bonchev–Trinajstić information content (AvgIpc) is 2.94. The normalized spacial score (nSPS) is 15.4. The van der Waals surface area contributed by atoms with E-state index in [1.54, 1.807) is 12.1 Å². The van der Waals surface area contributed by atoms with E-state index >= 15 is 0 Å². The van der Waals surface area contributed by atoms with Gasteiger partial charge < -0.3 is 10.2 Å². The van der Waals surface area contributed by atoms with Crippen molar-refractivity contribution in [2.24, 2.45) is 0 Å². The molecule has 1 saturated heterocycles. The number of carbonyl (C=O) groups excluding carboxylic acids is 1. The molecule has 1 aliphatic rings. The number of halogens is 4. The van der Waals surface area contributed by atoms with Crippen molar-refractivity contribution in [2.45, 2.75) is 12.6 Å². The van der Waals surface area contributed by atoms with Crippen molar-refractivity contribution in [2.75, 3.05) is 42.9 Å². The number of carbonyl (C=O) groups is 1. The molecule has 2 aromatic carbocycles. The molecule has 3 rings (SSSR count). The summed E-state index contributed by atoms with van der Waals surface area (Å²) in [6, 6.07) is 12.8. The summed E-state index contributed by atoms with van der Waals surface area (Å²) < 4.78 is 39.6. The molecule has 0 unspecified atom stereocenters. The highest BCUT2D eigenvalue weighted by molar-refractivity contribution is 6.34. The summed E-state index contributed by atoms with van der Waals surface area (Å²) in [4.78, 5) is 16.5. The highest BCUT2D eigenvalue weighted by Crippen LogP contribution is 2.38. The van der Waals surface area contributed by atoms with Crippen molar-refractivity contribution in [3.05, 3.63) is 58.6 Å². The maximum absolute atomic E-state index is 13.2. The first-order chi connectivity index (χ1) is 14.3. The molecule has 1 amide bonds. The first kappa shape index (κ1) is 21.9. The number of amides is 1. The van der Waals surface area contributed by atoms with E-state index < -0.39 is 23.3 Å². The molecule has 1 fully saturated rings.